The number of benzene rings is 2. The normalized spacial score (nSPS) is 12.2. The molecule has 5 nitrogen and oxygen atoms in total. The lowest BCUT2D eigenvalue weighted by molar-refractivity contribution is -0.146. The third-order valence-corrected chi connectivity index (χ3v) is 4.09. The number of nitrogens with two attached hydrogens (primary N) is 1. The molecule has 0 fully saturated rings. The zero-order valence-corrected chi connectivity index (χ0v) is 13.7. The molecule has 124 valence electrons. The van der Waals surface area contributed by atoms with Crippen LogP contribution in [0.3, 0.4) is 0 Å². The maximum Gasteiger partial charge on any atom is 0.323 e. The van der Waals surface area contributed by atoms with Crippen LogP contribution in [0.4, 0.5) is 0 Å². The predicted molar refractivity (Wildman–Crippen MR) is 93.2 cm³/mol. The lowest BCUT2D eigenvalue weighted by Crippen LogP contribution is -2.32. The van der Waals surface area contributed by atoms with E-state index in [1.807, 2.05) is 66.2 Å². The molecule has 3 rings (SSSR count). The number of para-hydroxylation sites is 2. The van der Waals surface area contributed by atoms with Crippen molar-refractivity contribution in [3.8, 4) is 0 Å². The molecular formula is C19H21N3O2. The van der Waals surface area contributed by atoms with E-state index in [0.29, 0.717) is 12.8 Å². The van der Waals surface area contributed by atoms with E-state index in [0.717, 1.165) is 22.4 Å². The summed E-state index contributed by atoms with van der Waals surface area (Å²) >= 11 is 0. The van der Waals surface area contributed by atoms with Crippen LogP contribution in [0.5, 0.6) is 0 Å². The minimum atomic E-state index is -0.645. The van der Waals surface area contributed by atoms with Crippen LogP contribution in [0.25, 0.3) is 11.0 Å². The molecule has 0 unspecified atom stereocenters. The van der Waals surface area contributed by atoms with Crippen molar-refractivity contribution in [2.24, 2.45) is 12.8 Å². The Morgan fingerprint density at radius 2 is 1.88 bits per heavy atom. The summed E-state index contributed by atoms with van der Waals surface area (Å²) in [5.41, 5.74) is 8.94. The molecule has 24 heavy (non-hydrogen) atoms. The molecule has 1 aromatic heterocycles. The molecule has 0 aliphatic carbocycles. The van der Waals surface area contributed by atoms with Crippen LogP contribution < -0.4 is 5.73 Å². The van der Waals surface area contributed by atoms with Crippen LogP contribution >= 0.6 is 0 Å². The van der Waals surface area contributed by atoms with Crippen LogP contribution in [0.15, 0.2) is 54.6 Å². The summed E-state index contributed by atoms with van der Waals surface area (Å²) in [6.07, 6.45) is 1.14. The highest BCUT2D eigenvalue weighted by Gasteiger charge is 2.17. The highest BCUT2D eigenvalue weighted by atomic mass is 16.5. The van der Waals surface area contributed by atoms with Crippen LogP contribution in [0.1, 0.15) is 17.8 Å². The Balaban J connectivity index is 1.55. The third kappa shape index (κ3) is 3.63. The molecule has 1 heterocycles. The Hall–Kier alpha value is -2.66. The zero-order valence-electron chi connectivity index (χ0n) is 13.7. The van der Waals surface area contributed by atoms with Gasteiger partial charge >= 0.3 is 5.97 Å². The van der Waals surface area contributed by atoms with Crippen molar-refractivity contribution in [2.75, 3.05) is 0 Å². The van der Waals surface area contributed by atoms with Gasteiger partial charge in [0.1, 0.15) is 18.5 Å². The van der Waals surface area contributed by atoms with Crippen LogP contribution in [-0.2, 0) is 29.6 Å². The average molecular weight is 323 g/mol. The number of fused-ring (bicyclic) bond motifs is 1. The number of hydrogen-bond donors (Lipinski definition) is 1. The smallest absolute Gasteiger partial charge is 0.323 e. The summed E-state index contributed by atoms with van der Waals surface area (Å²) in [6, 6.07) is 16.9. The molecule has 3 aromatic rings. The summed E-state index contributed by atoms with van der Waals surface area (Å²) in [5, 5.41) is 0. The van der Waals surface area contributed by atoms with Gasteiger partial charge in [-0.15, -0.1) is 0 Å². The van der Waals surface area contributed by atoms with E-state index in [2.05, 4.69) is 4.98 Å². The lowest BCUT2D eigenvalue weighted by atomic mass is 10.1. The molecular weight excluding hydrogens is 302 g/mol. The fraction of sp³-hybridized carbons (Fsp3) is 0.263. The first kappa shape index (κ1) is 16.2. The first-order valence-corrected chi connectivity index (χ1v) is 8.01. The summed E-state index contributed by atoms with van der Waals surface area (Å²) in [6.45, 7) is 0.250. The summed E-state index contributed by atoms with van der Waals surface area (Å²) in [5.74, 6) is 0.542. The topological polar surface area (TPSA) is 70.1 Å². The van der Waals surface area contributed by atoms with Gasteiger partial charge in [-0.3, -0.25) is 4.79 Å². The van der Waals surface area contributed by atoms with Gasteiger partial charge in [0.05, 0.1) is 11.0 Å². The number of hydrogen-bond acceptors (Lipinski definition) is 4. The second-order valence-corrected chi connectivity index (χ2v) is 5.81. The van der Waals surface area contributed by atoms with E-state index < -0.39 is 6.04 Å². The maximum atomic E-state index is 12.0. The van der Waals surface area contributed by atoms with Gasteiger partial charge in [-0.05, 0) is 24.1 Å². The highest BCUT2D eigenvalue weighted by molar-refractivity contribution is 5.76. The van der Waals surface area contributed by atoms with Crippen molar-refractivity contribution in [1.82, 2.24) is 9.55 Å². The van der Waals surface area contributed by atoms with Gasteiger partial charge in [0.2, 0.25) is 0 Å². The summed E-state index contributed by atoms with van der Waals surface area (Å²) < 4.78 is 7.32. The Bertz CT molecular complexity index is 827. The Kier molecular flexibility index (Phi) is 4.91. The van der Waals surface area contributed by atoms with Crippen LogP contribution in [0, 0.1) is 0 Å². The van der Waals surface area contributed by atoms with Crippen molar-refractivity contribution < 1.29 is 9.53 Å². The molecule has 0 saturated carbocycles. The van der Waals surface area contributed by atoms with Crippen molar-refractivity contribution >= 4 is 17.0 Å². The molecule has 2 N–H and O–H groups in total. The molecule has 5 heteroatoms. The van der Waals surface area contributed by atoms with Crippen molar-refractivity contribution in [3.63, 3.8) is 0 Å². The summed E-state index contributed by atoms with van der Waals surface area (Å²) in [7, 11) is 1.98. The number of ether oxygens (including phenoxy) is 1. The van der Waals surface area contributed by atoms with Gasteiger partial charge in [-0.25, -0.2) is 4.98 Å². The number of esters is 1. The Morgan fingerprint density at radius 1 is 1.17 bits per heavy atom. The van der Waals surface area contributed by atoms with Gasteiger partial charge in [0, 0.05) is 13.5 Å². The maximum absolute atomic E-state index is 12.0. The second-order valence-electron chi connectivity index (χ2n) is 5.81. The monoisotopic (exact) mass is 323 g/mol. The Morgan fingerprint density at radius 3 is 2.62 bits per heavy atom. The van der Waals surface area contributed by atoms with Crippen molar-refractivity contribution in [3.05, 3.63) is 66.0 Å². The number of aryl methyl sites for hydroxylation is 2. The van der Waals surface area contributed by atoms with E-state index in [1.54, 1.807) is 0 Å². The van der Waals surface area contributed by atoms with Crippen LogP contribution in [-0.4, -0.2) is 21.6 Å². The number of aromatic nitrogens is 2. The number of carbonyl (C=O) groups excluding carboxylic acids is 1. The SMILES string of the molecule is Cn1c(CC[C@H](N)C(=O)OCc2ccccc2)nc2ccccc21. The number of rotatable bonds is 6. The van der Waals surface area contributed by atoms with E-state index in [-0.39, 0.29) is 12.6 Å². The molecule has 0 aliphatic rings. The second kappa shape index (κ2) is 7.27. The quantitative estimate of drug-likeness (QED) is 0.708. The molecule has 2 aromatic carbocycles. The molecule has 0 radical (unpaired) electrons. The number of carbonyl (C=O) groups is 1. The van der Waals surface area contributed by atoms with E-state index >= 15 is 0 Å². The predicted octanol–water partition coefficient (Wildman–Crippen LogP) is 2.58. The molecule has 0 spiro atoms. The van der Waals surface area contributed by atoms with Crippen LogP contribution in [0.2, 0.25) is 0 Å². The fourth-order valence-electron chi connectivity index (χ4n) is 2.66. The summed E-state index contributed by atoms with van der Waals surface area (Å²) in [4.78, 5) is 16.6. The molecule has 0 amide bonds. The van der Waals surface area contributed by atoms with Crippen molar-refractivity contribution in [2.45, 2.75) is 25.5 Å². The molecule has 0 aliphatic heterocycles. The first-order valence-electron chi connectivity index (χ1n) is 8.01. The lowest BCUT2D eigenvalue weighted by Gasteiger charge is -2.11. The largest absolute Gasteiger partial charge is 0.460 e. The number of imidazole rings is 1. The fourth-order valence-corrected chi connectivity index (χ4v) is 2.66. The highest BCUT2D eigenvalue weighted by Crippen LogP contribution is 2.15. The van der Waals surface area contributed by atoms with E-state index in [4.69, 9.17) is 10.5 Å². The molecule has 1 atom stereocenters. The third-order valence-electron chi connectivity index (χ3n) is 4.09. The molecule has 0 saturated heterocycles. The van der Waals surface area contributed by atoms with Gasteiger partial charge in [-0.2, -0.15) is 0 Å². The Labute approximate surface area is 141 Å². The van der Waals surface area contributed by atoms with Crippen molar-refractivity contribution in [1.29, 1.82) is 0 Å². The first-order chi connectivity index (χ1) is 11.6. The van der Waals surface area contributed by atoms with Gasteiger partial charge in [-0.1, -0.05) is 42.5 Å². The van der Waals surface area contributed by atoms with Gasteiger partial charge < -0.3 is 15.0 Å². The number of nitrogens with zero attached hydrogens (tertiary/aromatic N) is 2. The average Bonchev–Trinajstić information content (AvgIpc) is 2.95. The zero-order chi connectivity index (χ0) is 16.9. The van der Waals surface area contributed by atoms with E-state index in [9.17, 15) is 4.79 Å². The minimum Gasteiger partial charge on any atom is -0.460 e. The van der Waals surface area contributed by atoms with E-state index in [1.165, 1.54) is 0 Å². The molecule has 0 bridgehead atoms. The van der Waals surface area contributed by atoms with Gasteiger partial charge in [0.15, 0.2) is 0 Å². The standard InChI is InChI=1S/C19H21N3O2/c1-22-17-10-6-5-9-16(17)21-18(22)12-11-15(20)19(23)24-13-14-7-3-2-4-8-14/h2-10,15H,11-13,20H2,1H3/t15-/m0/s1. The van der Waals surface area contributed by atoms with Gasteiger partial charge in [0.25, 0.3) is 0 Å². The minimum absolute atomic E-state index is 0.250.